The highest BCUT2D eigenvalue weighted by molar-refractivity contribution is 7.13. The van der Waals surface area contributed by atoms with E-state index in [0.29, 0.717) is 11.7 Å². The summed E-state index contributed by atoms with van der Waals surface area (Å²) in [6.07, 6.45) is 3.27. The summed E-state index contributed by atoms with van der Waals surface area (Å²) in [5.74, 6) is 1.64. The van der Waals surface area contributed by atoms with Crippen molar-refractivity contribution in [1.29, 1.82) is 0 Å². The fraction of sp³-hybridized carbons (Fsp3) is 0.455. The second kappa shape index (κ2) is 3.99. The lowest BCUT2D eigenvalue weighted by Crippen LogP contribution is -2.22. The molecule has 2 atom stereocenters. The summed E-state index contributed by atoms with van der Waals surface area (Å²) in [5, 5.41) is 6.01. The van der Waals surface area contributed by atoms with Crippen LogP contribution in [0.2, 0.25) is 0 Å². The van der Waals surface area contributed by atoms with Gasteiger partial charge in [-0.1, -0.05) is 17.6 Å². The molecule has 0 saturated heterocycles. The minimum Gasteiger partial charge on any atom is -0.339 e. The summed E-state index contributed by atoms with van der Waals surface area (Å²) < 4.78 is 5.31. The number of rotatable bonds is 2. The lowest BCUT2D eigenvalue weighted by molar-refractivity contribution is 0.345. The van der Waals surface area contributed by atoms with Crippen LogP contribution >= 0.6 is 11.3 Å². The van der Waals surface area contributed by atoms with E-state index in [1.807, 2.05) is 17.5 Å². The fourth-order valence-corrected chi connectivity index (χ4v) is 2.84. The van der Waals surface area contributed by atoms with Gasteiger partial charge in [-0.05, 0) is 24.3 Å². The van der Waals surface area contributed by atoms with Crippen molar-refractivity contribution in [2.75, 3.05) is 0 Å². The average Bonchev–Trinajstić information content (AvgIpc) is 2.96. The van der Waals surface area contributed by atoms with E-state index in [1.54, 1.807) is 11.3 Å². The van der Waals surface area contributed by atoms with Gasteiger partial charge in [-0.2, -0.15) is 4.98 Å². The van der Waals surface area contributed by atoms with Crippen molar-refractivity contribution in [3.05, 3.63) is 23.4 Å². The molecule has 1 aliphatic carbocycles. The van der Waals surface area contributed by atoms with Crippen molar-refractivity contribution in [2.24, 2.45) is 5.73 Å². The fourth-order valence-electron chi connectivity index (χ4n) is 2.19. The molecule has 0 radical (unpaired) electrons. The van der Waals surface area contributed by atoms with Crippen LogP contribution in [-0.2, 0) is 0 Å². The smallest absolute Gasteiger partial charge is 0.231 e. The summed E-state index contributed by atoms with van der Waals surface area (Å²) in [4.78, 5) is 5.48. The first-order valence-corrected chi connectivity index (χ1v) is 6.35. The molecule has 0 spiro atoms. The highest BCUT2D eigenvalue weighted by Gasteiger charge is 2.30. The maximum absolute atomic E-state index is 6.01. The predicted octanol–water partition coefficient (Wildman–Crippen LogP) is 2.39. The van der Waals surface area contributed by atoms with Crippen LogP contribution < -0.4 is 5.73 Å². The van der Waals surface area contributed by atoms with Gasteiger partial charge >= 0.3 is 0 Å². The molecule has 1 saturated carbocycles. The average molecular weight is 235 g/mol. The zero-order chi connectivity index (χ0) is 11.0. The number of hydrogen-bond donors (Lipinski definition) is 1. The number of aromatic nitrogens is 2. The predicted molar refractivity (Wildman–Crippen MR) is 62.2 cm³/mol. The molecular weight excluding hydrogens is 222 g/mol. The van der Waals surface area contributed by atoms with E-state index in [0.717, 1.165) is 24.1 Å². The van der Waals surface area contributed by atoms with E-state index in [2.05, 4.69) is 10.1 Å². The van der Waals surface area contributed by atoms with Gasteiger partial charge in [-0.3, -0.25) is 0 Å². The highest BCUT2D eigenvalue weighted by atomic mass is 32.1. The van der Waals surface area contributed by atoms with Gasteiger partial charge in [0.15, 0.2) is 0 Å². The molecule has 2 aromatic rings. The van der Waals surface area contributed by atoms with E-state index in [9.17, 15) is 0 Å². The molecule has 2 N–H and O–H groups in total. The van der Waals surface area contributed by atoms with Gasteiger partial charge in [0.05, 0.1) is 10.8 Å². The van der Waals surface area contributed by atoms with Crippen molar-refractivity contribution < 1.29 is 4.52 Å². The Balaban J connectivity index is 1.88. The van der Waals surface area contributed by atoms with Gasteiger partial charge < -0.3 is 10.3 Å². The minimum atomic E-state index is 0.177. The number of thiophene rings is 1. The van der Waals surface area contributed by atoms with Gasteiger partial charge in [-0.25, -0.2) is 0 Å². The molecule has 16 heavy (non-hydrogen) atoms. The summed E-state index contributed by atoms with van der Waals surface area (Å²) in [6.45, 7) is 0. The maximum atomic E-state index is 6.01. The topological polar surface area (TPSA) is 64.9 Å². The lowest BCUT2D eigenvalue weighted by Gasteiger charge is -2.08. The molecule has 0 bridgehead atoms. The van der Waals surface area contributed by atoms with Gasteiger partial charge in [-0.15, -0.1) is 11.3 Å². The SMILES string of the molecule is N[C@@H]1CCC[C@@H]1c1nc(-c2cccs2)no1. The van der Waals surface area contributed by atoms with Crippen LogP contribution in [0.25, 0.3) is 10.7 Å². The Bertz CT molecular complexity index is 465. The second-order valence-corrected chi connectivity index (χ2v) is 5.08. The molecular formula is C11H13N3OS. The Morgan fingerprint density at radius 1 is 1.44 bits per heavy atom. The first-order chi connectivity index (χ1) is 7.84. The summed E-state index contributed by atoms with van der Waals surface area (Å²) in [5.41, 5.74) is 6.01. The number of nitrogens with two attached hydrogens (primary N) is 1. The maximum Gasteiger partial charge on any atom is 0.231 e. The molecule has 4 nitrogen and oxygen atoms in total. The first kappa shape index (κ1) is 9.99. The van der Waals surface area contributed by atoms with Crippen LogP contribution in [0.3, 0.4) is 0 Å². The van der Waals surface area contributed by atoms with Crippen molar-refractivity contribution in [3.8, 4) is 10.7 Å². The minimum absolute atomic E-state index is 0.177. The van der Waals surface area contributed by atoms with E-state index in [1.165, 1.54) is 0 Å². The Hall–Kier alpha value is -1.20. The van der Waals surface area contributed by atoms with E-state index < -0.39 is 0 Å². The third kappa shape index (κ3) is 1.66. The Kier molecular flexibility index (Phi) is 2.49. The molecule has 0 aromatic carbocycles. The van der Waals surface area contributed by atoms with E-state index >= 15 is 0 Å². The second-order valence-electron chi connectivity index (χ2n) is 4.13. The third-order valence-electron chi connectivity index (χ3n) is 3.07. The van der Waals surface area contributed by atoms with Crippen LogP contribution in [0.15, 0.2) is 22.0 Å². The highest BCUT2D eigenvalue weighted by Crippen LogP contribution is 2.33. The molecule has 1 fully saturated rings. The quantitative estimate of drug-likeness (QED) is 0.868. The summed E-state index contributed by atoms with van der Waals surface area (Å²) in [7, 11) is 0. The summed E-state index contributed by atoms with van der Waals surface area (Å²) in [6, 6.07) is 4.15. The largest absolute Gasteiger partial charge is 0.339 e. The molecule has 0 aliphatic heterocycles. The Morgan fingerprint density at radius 2 is 2.38 bits per heavy atom. The molecule has 5 heteroatoms. The lowest BCUT2D eigenvalue weighted by atomic mass is 10.1. The molecule has 0 unspecified atom stereocenters. The zero-order valence-corrected chi connectivity index (χ0v) is 9.61. The molecule has 3 rings (SSSR count). The van der Waals surface area contributed by atoms with Crippen molar-refractivity contribution in [3.63, 3.8) is 0 Å². The van der Waals surface area contributed by atoms with Crippen LogP contribution in [0.5, 0.6) is 0 Å². The molecule has 1 aliphatic rings. The molecule has 0 amide bonds. The molecule has 2 aromatic heterocycles. The van der Waals surface area contributed by atoms with Crippen molar-refractivity contribution >= 4 is 11.3 Å². The van der Waals surface area contributed by atoms with Crippen LogP contribution in [-0.4, -0.2) is 16.2 Å². The normalized spacial score (nSPS) is 25.1. The van der Waals surface area contributed by atoms with Gasteiger partial charge in [0.25, 0.3) is 0 Å². The van der Waals surface area contributed by atoms with E-state index in [4.69, 9.17) is 10.3 Å². The van der Waals surface area contributed by atoms with Gasteiger partial charge in [0.1, 0.15) is 0 Å². The molecule has 84 valence electrons. The molecule has 2 heterocycles. The first-order valence-electron chi connectivity index (χ1n) is 5.47. The van der Waals surface area contributed by atoms with Gasteiger partial charge in [0, 0.05) is 6.04 Å². The number of nitrogens with zero attached hydrogens (tertiary/aromatic N) is 2. The third-order valence-corrected chi connectivity index (χ3v) is 3.94. The number of hydrogen-bond acceptors (Lipinski definition) is 5. The Morgan fingerprint density at radius 3 is 3.06 bits per heavy atom. The standard InChI is InChI=1S/C11H13N3OS/c12-8-4-1-3-7(8)11-13-10(14-15-11)9-5-2-6-16-9/h2,5-8H,1,3-4,12H2/t7-,8+/m0/s1. The van der Waals surface area contributed by atoms with Gasteiger partial charge in [0.2, 0.25) is 11.7 Å². The monoisotopic (exact) mass is 235 g/mol. The van der Waals surface area contributed by atoms with E-state index in [-0.39, 0.29) is 12.0 Å². The van der Waals surface area contributed by atoms with Crippen LogP contribution in [0, 0.1) is 0 Å². The van der Waals surface area contributed by atoms with Crippen LogP contribution in [0.1, 0.15) is 31.1 Å². The van der Waals surface area contributed by atoms with Crippen molar-refractivity contribution in [1.82, 2.24) is 10.1 Å². The van der Waals surface area contributed by atoms with Crippen molar-refractivity contribution in [2.45, 2.75) is 31.2 Å². The summed E-state index contributed by atoms with van der Waals surface area (Å²) >= 11 is 1.62. The zero-order valence-electron chi connectivity index (χ0n) is 8.80. The van der Waals surface area contributed by atoms with Crippen LogP contribution in [0.4, 0.5) is 0 Å². The Labute approximate surface area is 97.5 Å².